The maximum absolute atomic E-state index is 12.9. The van der Waals surface area contributed by atoms with Crippen LogP contribution in [0.5, 0.6) is 11.5 Å². The first-order valence-electron chi connectivity index (χ1n) is 12.4. The Morgan fingerprint density at radius 1 is 1.12 bits per heavy atom. The van der Waals surface area contributed by atoms with Crippen molar-refractivity contribution >= 4 is 5.91 Å². The van der Waals surface area contributed by atoms with Crippen molar-refractivity contribution < 1.29 is 24.5 Å². The first kappa shape index (κ1) is 22.7. The van der Waals surface area contributed by atoms with Crippen LogP contribution in [0, 0.1) is 28.6 Å². The van der Waals surface area contributed by atoms with Gasteiger partial charge < -0.3 is 25.0 Å². The molecular formula is C27H37NO5. The molecule has 0 unspecified atom stereocenters. The normalized spacial score (nSPS) is 39.9. The van der Waals surface area contributed by atoms with E-state index in [4.69, 9.17) is 9.47 Å². The lowest BCUT2D eigenvalue weighted by Crippen LogP contribution is -2.54. The van der Waals surface area contributed by atoms with Crippen LogP contribution in [0.4, 0.5) is 0 Å². The molecule has 0 aromatic heterocycles. The highest BCUT2D eigenvalue weighted by Crippen LogP contribution is 2.61. The third-order valence-corrected chi connectivity index (χ3v) is 9.68. The minimum atomic E-state index is -0.365. The highest BCUT2D eigenvalue weighted by atomic mass is 16.7. The molecule has 3 N–H and O–H groups in total. The average molecular weight is 456 g/mol. The van der Waals surface area contributed by atoms with Gasteiger partial charge in [-0.05, 0) is 91.7 Å². The molecule has 3 aliphatic carbocycles. The van der Waals surface area contributed by atoms with Gasteiger partial charge in [-0.3, -0.25) is 4.79 Å². The van der Waals surface area contributed by atoms with Crippen LogP contribution in [0.1, 0.15) is 69.2 Å². The number of hydrogen-bond donors (Lipinski definition) is 3. The zero-order chi connectivity index (χ0) is 23.4. The highest BCUT2D eigenvalue weighted by molar-refractivity contribution is 5.94. The van der Waals surface area contributed by atoms with Gasteiger partial charge in [-0.25, -0.2) is 0 Å². The average Bonchev–Trinajstić information content (AvgIpc) is 3.38. The number of nitrogens with one attached hydrogen (secondary N) is 1. The van der Waals surface area contributed by atoms with Gasteiger partial charge in [0.25, 0.3) is 5.91 Å². The molecule has 1 aromatic carbocycles. The zero-order valence-electron chi connectivity index (χ0n) is 19.8. The van der Waals surface area contributed by atoms with Crippen molar-refractivity contribution in [1.82, 2.24) is 5.32 Å². The van der Waals surface area contributed by atoms with Crippen molar-refractivity contribution in [3.63, 3.8) is 0 Å². The summed E-state index contributed by atoms with van der Waals surface area (Å²) in [5.74, 6) is 1.62. The van der Waals surface area contributed by atoms with E-state index in [1.165, 1.54) is 5.57 Å². The van der Waals surface area contributed by atoms with Gasteiger partial charge in [0.1, 0.15) is 0 Å². The maximum Gasteiger partial charge on any atom is 0.251 e. The van der Waals surface area contributed by atoms with E-state index in [9.17, 15) is 15.0 Å². The summed E-state index contributed by atoms with van der Waals surface area (Å²) in [6.07, 6.45) is 5.59. The maximum atomic E-state index is 12.9. The second kappa shape index (κ2) is 8.31. The van der Waals surface area contributed by atoms with E-state index in [1.807, 2.05) is 0 Å². The summed E-state index contributed by atoms with van der Waals surface area (Å²) >= 11 is 0. The molecular weight excluding hydrogens is 418 g/mol. The number of allylic oxidation sites excluding steroid dienone is 1. The van der Waals surface area contributed by atoms with E-state index in [2.05, 4.69) is 25.7 Å². The van der Waals surface area contributed by atoms with E-state index >= 15 is 0 Å². The van der Waals surface area contributed by atoms with Crippen molar-refractivity contribution in [3.8, 4) is 11.5 Å². The Morgan fingerprint density at radius 2 is 1.91 bits per heavy atom. The predicted molar refractivity (Wildman–Crippen MR) is 125 cm³/mol. The predicted octanol–water partition coefficient (Wildman–Crippen LogP) is 4.06. The SMILES string of the molecule is C=C1CC[C@H]2[C@H](O)[C@@H]([C@@]3(C)CC[C@H](O)C[C@@H]3CNC(=O)c3ccc4c(c3)OCO4)CC[C@]12C. The van der Waals surface area contributed by atoms with Gasteiger partial charge >= 0.3 is 0 Å². The molecule has 7 atom stereocenters. The molecule has 1 heterocycles. The van der Waals surface area contributed by atoms with E-state index in [-0.39, 0.29) is 53.5 Å². The highest BCUT2D eigenvalue weighted by Gasteiger charge is 2.56. The number of aliphatic hydroxyl groups is 2. The molecule has 0 radical (unpaired) electrons. The van der Waals surface area contributed by atoms with Crippen LogP contribution in [0.25, 0.3) is 0 Å². The number of carbonyl (C=O) groups is 1. The minimum absolute atomic E-state index is 0.0452. The molecule has 0 bridgehead atoms. The summed E-state index contributed by atoms with van der Waals surface area (Å²) in [6, 6.07) is 5.22. The number of benzene rings is 1. The molecule has 180 valence electrons. The minimum Gasteiger partial charge on any atom is -0.454 e. The molecule has 1 amide bonds. The molecule has 6 heteroatoms. The van der Waals surface area contributed by atoms with Gasteiger partial charge in [-0.15, -0.1) is 0 Å². The van der Waals surface area contributed by atoms with Crippen LogP contribution in [-0.2, 0) is 0 Å². The molecule has 33 heavy (non-hydrogen) atoms. The van der Waals surface area contributed by atoms with E-state index in [0.29, 0.717) is 30.0 Å². The van der Waals surface area contributed by atoms with Gasteiger partial charge in [0.2, 0.25) is 6.79 Å². The molecule has 0 spiro atoms. The summed E-state index contributed by atoms with van der Waals surface area (Å²) in [5.41, 5.74) is 1.74. The van der Waals surface area contributed by atoms with Gasteiger partial charge in [-0.2, -0.15) is 0 Å². The topological polar surface area (TPSA) is 88.0 Å². The molecule has 6 nitrogen and oxygen atoms in total. The fourth-order valence-electron chi connectivity index (χ4n) is 7.29. The lowest BCUT2D eigenvalue weighted by molar-refractivity contribution is -0.117. The third kappa shape index (κ3) is 3.75. The van der Waals surface area contributed by atoms with Gasteiger partial charge in [0.05, 0.1) is 12.2 Å². The number of aliphatic hydroxyl groups excluding tert-OH is 2. The summed E-state index contributed by atoms with van der Waals surface area (Å²) in [4.78, 5) is 12.9. The standard InChI is InChI=1S/C27H37NO5/c1-16-4-6-20-24(30)21(9-11-26(16,20)2)27(3)10-8-19(29)13-18(27)14-28-25(31)17-5-7-22-23(12-17)33-15-32-22/h5,7,12,18-21,24,29-30H,1,4,6,8-11,13-15H2,2-3H3,(H,28,31)/t18-,19+,20+,21+,24+,26-,27+/m1/s1. The van der Waals surface area contributed by atoms with Gasteiger partial charge in [-0.1, -0.05) is 26.0 Å². The fraction of sp³-hybridized carbons (Fsp3) is 0.667. The fourth-order valence-corrected chi connectivity index (χ4v) is 7.29. The second-order valence-corrected chi connectivity index (χ2v) is 11.2. The van der Waals surface area contributed by atoms with E-state index < -0.39 is 0 Å². The van der Waals surface area contributed by atoms with Crippen LogP contribution in [0.3, 0.4) is 0 Å². The third-order valence-electron chi connectivity index (χ3n) is 9.68. The quantitative estimate of drug-likeness (QED) is 0.596. The summed E-state index contributed by atoms with van der Waals surface area (Å²) in [5, 5.41) is 25.1. The lowest BCUT2D eigenvalue weighted by atomic mass is 9.52. The molecule has 5 rings (SSSR count). The number of rotatable bonds is 4. The van der Waals surface area contributed by atoms with Crippen LogP contribution in [0.2, 0.25) is 0 Å². The largest absolute Gasteiger partial charge is 0.454 e. The Hall–Kier alpha value is -2.05. The lowest BCUT2D eigenvalue weighted by Gasteiger charge is -2.55. The zero-order valence-corrected chi connectivity index (χ0v) is 19.8. The van der Waals surface area contributed by atoms with Crippen molar-refractivity contribution in [2.45, 2.75) is 71.0 Å². The van der Waals surface area contributed by atoms with Gasteiger partial charge in [0.15, 0.2) is 11.5 Å². The van der Waals surface area contributed by atoms with E-state index in [0.717, 1.165) is 38.5 Å². The molecule has 1 aromatic rings. The van der Waals surface area contributed by atoms with Crippen LogP contribution < -0.4 is 14.8 Å². The Balaban J connectivity index is 1.31. The molecule has 0 saturated heterocycles. The van der Waals surface area contributed by atoms with E-state index in [1.54, 1.807) is 18.2 Å². The van der Waals surface area contributed by atoms with Crippen LogP contribution in [0.15, 0.2) is 30.4 Å². The Kier molecular flexibility index (Phi) is 5.73. The second-order valence-electron chi connectivity index (χ2n) is 11.2. The summed E-state index contributed by atoms with van der Waals surface area (Å²) in [7, 11) is 0. The number of hydrogen-bond acceptors (Lipinski definition) is 5. The first-order valence-corrected chi connectivity index (χ1v) is 12.4. The summed E-state index contributed by atoms with van der Waals surface area (Å²) in [6.45, 7) is 9.53. The number of amides is 1. The van der Waals surface area contributed by atoms with Crippen molar-refractivity contribution in [2.75, 3.05) is 13.3 Å². The Morgan fingerprint density at radius 3 is 2.73 bits per heavy atom. The van der Waals surface area contributed by atoms with Crippen LogP contribution in [-0.4, -0.2) is 41.7 Å². The number of ether oxygens (including phenoxy) is 2. The molecule has 4 aliphatic rings. The van der Waals surface area contributed by atoms with Crippen molar-refractivity contribution in [1.29, 1.82) is 0 Å². The van der Waals surface area contributed by atoms with Crippen molar-refractivity contribution in [2.24, 2.45) is 28.6 Å². The van der Waals surface area contributed by atoms with Gasteiger partial charge in [0, 0.05) is 12.1 Å². The monoisotopic (exact) mass is 455 g/mol. The number of fused-ring (bicyclic) bond motifs is 2. The number of carbonyl (C=O) groups excluding carboxylic acids is 1. The first-order chi connectivity index (χ1) is 15.7. The smallest absolute Gasteiger partial charge is 0.251 e. The Labute approximate surface area is 196 Å². The molecule has 3 saturated carbocycles. The molecule has 1 aliphatic heterocycles. The van der Waals surface area contributed by atoms with Crippen LogP contribution >= 0.6 is 0 Å². The Bertz CT molecular complexity index is 946. The molecule has 3 fully saturated rings. The summed E-state index contributed by atoms with van der Waals surface area (Å²) < 4.78 is 10.7. The van der Waals surface area contributed by atoms with Crippen molar-refractivity contribution in [3.05, 3.63) is 35.9 Å².